The minimum atomic E-state index is -0.674. The van der Waals surface area contributed by atoms with Crippen LogP contribution in [0.15, 0.2) is 36.8 Å². The quantitative estimate of drug-likeness (QED) is 0.450. The predicted molar refractivity (Wildman–Crippen MR) is 129 cm³/mol. The lowest BCUT2D eigenvalue weighted by Gasteiger charge is -2.28. The summed E-state index contributed by atoms with van der Waals surface area (Å²) in [5, 5.41) is 9.83. The molecule has 5 heterocycles. The Morgan fingerprint density at radius 2 is 2.00 bits per heavy atom. The fourth-order valence-electron chi connectivity index (χ4n) is 4.63. The molecule has 34 heavy (non-hydrogen) atoms. The summed E-state index contributed by atoms with van der Waals surface area (Å²) in [4.78, 5) is 28.4. The number of ether oxygens (including phenoxy) is 1. The van der Waals surface area contributed by atoms with Crippen LogP contribution in [0.5, 0.6) is 0 Å². The van der Waals surface area contributed by atoms with Crippen molar-refractivity contribution in [2.24, 2.45) is 5.73 Å². The molecule has 174 valence electrons. The minimum Gasteiger partial charge on any atom is -0.378 e. The summed E-state index contributed by atoms with van der Waals surface area (Å²) in [7, 11) is 0. The zero-order valence-electron chi connectivity index (χ0n) is 19.0. The summed E-state index contributed by atoms with van der Waals surface area (Å²) in [5.74, 6) is 0.978. The Morgan fingerprint density at radius 1 is 1.18 bits per heavy atom. The molecule has 2 aliphatic rings. The number of nitrogens with one attached hydrogen (secondary N) is 1. The molecule has 1 aliphatic carbocycles. The van der Waals surface area contributed by atoms with Gasteiger partial charge in [0.25, 0.3) is 0 Å². The first-order chi connectivity index (χ1) is 16.6. The number of fused-ring (bicyclic) bond motifs is 2. The predicted octanol–water partition coefficient (Wildman–Crippen LogP) is 2.12. The molecule has 0 bridgehead atoms. The van der Waals surface area contributed by atoms with Gasteiger partial charge in [-0.05, 0) is 38.0 Å². The van der Waals surface area contributed by atoms with Crippen molar-refractivity contribution in [1.29, 1.82) is 0 Å². The van der Waals surface area contributed by atoms with Crippen LogP contribution in [0.4, 0.5) is 11.5 Å². The molecule has 2 fully saturated rings. The van der Waals surface area contributed by atoms with Crippen LogP contribution in [0.25, 0.3) is 27.8 Å². The molecule has 0 unspecified atom stereocenters. The summed E-state index contributed by atoms with van der Waals surface area (Å²) in [6.07, 6.45) is 7.00. The van der Waals surface area contributed by atoms with Gasteiger partial charge in [-0.1, -0.05) is 0 Å². The number of aromatic nitrogens is 5. The third kappa shape index (κ3) is 3.33. The molecule has 0 aromatic carbocycles. The monoisotopic (exact) mass is 458 g/mol. The molecule has 3 N–H and O–H groups in total. The Hall–Kier alpha value is -3.79. The van der Waals surface area contributed by atoms with E-state index in [2.05, 4.69) is 26.3 Å². The molecule has 0 radical (unpaired) electrons. The van der Waals surface area contributed by atoms with Crippen LogP contribution in [0.3, 0.4) is 0 Å². The average Bonchev–Trinajstić information content (AvgIpc) is 3.58. The normalized spacial score (nSPS) is 17.3. The van der Waals surface area contributed by atoms with Crippen molar-refractivity contribution in [1.82, 2.24) is 24.6 Å². The maximum atomic E-state index is 12.1. The largest absolute Gasteiger partial charge is 0.378 e. The van der Waals surface area contributed by atoms with Crippen LogP contribution in [0, 0.1) is 0 Å². The van der Waals surface area contributed by atoms with Crippen molar-refractivity contribution in [2.45, 2.75) is 25.2 Å². The molecule has 1 amide bonds. The van der Waals surface area contributed by atoms with E-state index in [0.29, 0.717) is 11.5 Å². The van der Waals surface area contributed by atoms with Crippen molar-refractivity contribution < 1.29 is 9.53 Å². The summed E-state index contributed by atoms with van der Waals surface area (Å²) in [6, 6.07) is 5.99. The van der Waals surface area contributed by atoms with Gasteiger partial charge in [0.05, 0.1) is 36.2 Å². The topological polar surface area (TPSA) is 124 Å². The highest BCUT2D eigenvalue weighted by atomic mass is 16.5. The smallest absolute Gasteiger partial charge is 0.229 e. The summed E-state index contributed by atoms with van der Waals surface area (Å²) in [6.45, 7) is 5.89. The lowest BCUT2D eigenvalue weighted by Crippen LogP contribution is -2.36. The van der Waals surface area contributed by atoms with Gasteiger partial charge in [-0.2, -0.15) is 0 Å². The van der Waals surface area contributed by atoms with Gasteiger partial charge >= 0.3 is 0 Å². The Kier molecular flexibility index (Phi) is 4.84. The van der Waals surface area contributed by atoms with Crippen molar-refractivity contribution in [3.63, 3.8) is 0 Å². The van der Waals surface area contributed by atoms with E-state index in [1.54, 1.807) is 16.9 Å². The van der Waals surface area contributed by atoms with E-state index in [-0.39, 0.29) is 5.91 Å². The summed E-state index contributed by atoms with van der Waals surface area (Å²) < 4.78 is 7.27. The lowest BCUT2D eigenvalue weighted by atomic mass is 9.97. The zero-order chi connectivity index (χ0) is 23.3. The van der Waals surface area contributed by atoms with Gasteiger partial charge in [0.15, 0.2) is 11.5 Å². The second-order valence-corrected chi connectivity index (χ2v) is 8.84. The molecule has 10 heteroatoms. The standard InChI is InChI=1S/C24H26N8O2/c1-2-26-21-17-12-27-19(24(5-6-24)23(25)33)11-16(17)18(13-28-21)22-29-20-4-3-15(14-32(20)30-22)31-7-9-34-10-8-31/h3-4,11-14H,2,5-10H2,1H3,(H2,25,33)(H,26,28). The number of hydrogen-bond donors (Lipinski definition) is 2. The zero-order valence-corrected chi connectivity index (χ0v) is 19.0. The maximum absolute atomic E-state index is 12.1. The first-order valence-electron chi connectivity index (χ1n) is 11.6. The number of primary amides is 1. The van der Waals surface area contributed by atoms with Crippen molar-refractivity contribution in [3.8, 4) is 11.4 Å². The number of nitrogens with two attached hydrogens (primary N) is 1. The second kappa shape index (κ2) is 7.91. The van der Waals surface area contributed by atoms with Crippen LogP contribution in [0.2, 0.25) is 0 Å². The Balaban J connectivity index is 1.47. The van der Waals surface area contributed by atoms with E-state index in [1.807, 2.05) is 25.3 Å². The molecule has 6 rings (SSSR count). The first kappa shape index (κ1) is 20.8. The molecule has 1 aliphatic heterocycles. The van der Waals surface area contributed by atoms with Crippen molar-refractivity contribution >= 4 is 33.8 Å². The molecule has 10 nitrogen and oxygen atoms in total. The number of anilines is 2. The third-order valence-electron chi connectivity index (χ3n) is 6.76. The molecular weight excluding hydrogens is 432 g/mol. The Labute approximate surface area is 196 Å². The summed E-state index contributed by atoms with van der Waals surface area (Å²) >= 11 is 0. The molecule has 1 saturated carbocycles. The van der Waals surface area contributed by atoms with E-state index in [4.69, 9.17) is 20.6 Å². The van der Waals surface area contributed by atoms with Crippen LogP contribution in [-0.2, 0) is 14.9 Å². The molecule has 4 aromatic rings. The average molecular weight is 459 g/mol. The second-order valence-electron chi connectivity index (χ2n) is 8.84. The lowest BCUT2D eigenvalue weighted by molar-refractivity contribution is -0.120. The number of amides is 1. The van der Waals surface area contributed by atoms with Crippen LogP contribution >= 0.6 is 0 Å². The van der Waals surface area contributed by atoms with Crippen LogP contribution < -0.4 is 16.0 Å². The summed E-state index contributed by atoms with van der Waals surface area (Å²) in [5.41, 5.74) is 8.36. The number of rotatable bonds is 6. The molecular formula is C24H26N8O2. The van der Waals surface area contributed by atoms with Crippen molar-refractivity contribution in [3.05, 3.63) is 42.5 Å². The van der Waals surface area contributed by atoms with E-state index in [1.165, 1.54) is 0 Å². The molecule has 0 atom stereocenters. The number of hydrogen-bond acceptors (Lipinski definition) is 8. The van der Waals surface area contributed by atoms with E-state index >= 15 is 0 Å². The molecule has 0 spiro atoms. The molecule has 1 saturated heterocycles. The highest BCUT2D eigenvalue weighted by Gasteiger charge is 2.51. The number of carbonyl (C=O) groups is 1. The Morgan fingerprint density at radius 3 is 2.74 bits per heavy atom. The van der Waals surface area contributed by atoms with Gasteiger partial charge in [0.2, 0.25) is 5.91 Å². The van der Waals surface area contributed by atoms with Gasteiger partial charge in [-0.25, -0.2) is 14.5 Å². The van der Waals surface area contributed by atoms with Crippen molar-refractivity contribution in [2.75, 3.05) is 43.1 Å². The Bertz CT molecular complexity index is 1410. The van der Waals surface area contributed by atoms with Crippen LogP contribution in [0.1, 0.15) is 25.5 Å². The fraction of sp³-hybridized carbons (Fsp3) is 0.375. The SMILES string of the molecule is CCNc1ncc(-c2nc3ccc(N4CCOCC4)cn3n2)c2cc(C3(C(N)=O)CC3)ncc12. The number of pyridine rings is 3. The molecule has 4 aromatic heterocycles. The highest BCUT2D eigenvalue weighted by Crippen LogP contribution is 2.48. The third-order valence-corrected chi connectivity index (χ3v) is 6.76. The van der Waals surface area contributed by atoms with Crippen LogP contribution in [-0.4, -0.2) is 63.3 Å². The van der Waals surface area contributed by atoms with Gasteiger partial charge in [-0.15, -0.1) is 5.10 Å². The number of nitrogens with zero attached hydrogens (tertiary/aromatic N) is 6. The highest BCUT2D eigenvalue weighted by molar-refractivity contribution is 6.01. The van der Waals surface area contributed by atoms with Gasteiger partial charge in [0, 0.05) is 48.4 Å². The van der Waals surface area contributed by atoms with Gasteiger partial charge < -0.3 is 20.7 Å². The first-order valence-corrected chi connectivity index (χ1v) is 11.6. The number of morpholine rings is 1. The minimum absolute atomic E-state index is 0.330. The fourth-order valence-corrected chi connectivity index (χ4v) is 4.63. The van der Waals surface area contributed by atoms with Gasteiger partial charge in [0.1, 0.15) is 5.82 Å². The number of carbonyl (C=O) groups excluding carboxylic acids is 1. The maximum Gasteiger partial charge on any atom is 0.229 e. The van der Waals surface area contributed by atoms with E-state index < -0.39 is 5.41 Å². The van der Waals surface area contributed by atoms with Gasteiger partial charge in [-0.3, -0.25) is 9.78 Å². The van der Waals surface area contributed by atoms with E-state index in [0.717, 1.165) is 79.2 Å². The van der Waals surface area contributed by atoms with E-state index in [9.17, 15) is 4.79 Å².